The molecule has 0 bridgehead atoms. The van der Waals surface area contributed by atoms with E-state index in [1.165, 1.54) is 23.3 Å². The normalized spacial score (nSPS) is 17.1. The van der Waals surface area contributed by atoms with Gasteiger partial charge in [0.1, 0.15) is 5.54 Å². The quantitative estimate of drug-likeness (QED) is 0.916. The molecule has 1 aliphatic rings. The Labute approximate surface area is 122 Å². The molecule has 0 aromatic carbocycles. The number of nitrogens with zero attached hydrogens (tertiary/aromatic N) is 2. The van der Waals surface area contributed by atoms with Crippen LogP contribution in [0.2, 0.25) is 0 Å². The Balaban J connectivity index is 1.82. The molecule has 0 spiro atoms. The van der Waals surface area contributed by atoms with Crippen molar-refractivity contribution in [3.8, 4) is 10.8 Å². The van der Waals surface area contributed by atoms with Crippen LogP contribution in [-0.2, 0) is 23.1 Å². The SMILES string of the molecule is CCOCC(C)(N)c1noc(-c2cc3c(s2)CCC3)n1. The lowest BCUT2D eigenvalue weighted by Gasteiger charge is -2.19. The molecule has 3 rings (SSSR count). The summed E-state index contributed by atoms with van der Waals surface area (Å²) < 4.78 is 10.7. The predicted octanol–water partition coefficient (Wildman–Crippen LogP) is 2.50. The number of fused-ring (bicyclic) bond motifs is 1. The summed E-state index contributed by atoms with van der Waals surface area (Å²) in [6.45, 7) is 4.79. The maximum Gasteiger partial charge on any atom is 0.268 e. The van der Waals surface area contributed by atoms with E-state index >= 15 is 0 Å². The molecule has 1 unspecified atom stereocenters. The highest BCUT2D eigenvalue weighted by Crippen LogP contribution is 2.36. The molecule has 20 heavy (non-hydrogen) atoms. The molecule has 1 atom stereocenters. The molecular weight excluding hydrogens is 274 g/mol. The van der Waals surface area contributed by atoms with Crippen molar-refractivity contribution in [3.05, 3.63) is 22.3 Å². The lowest BCUT2D eigenvalue weighted by molar-refractivity contribution is 0.0962. The third-order valence-electron chi connectivity index (χ3n) is 3.50. The first kappa shape index (κ1) is 13.7. The number of aromatic nitrogens is 2. The van der Waals surface area contributed by atoms with Gasteiger partial charge in [0, 0.05) is 11.5 Å². The van der Waals surface area contributed by atoms with Gasteiger partial charge in [0.05, 0.1) is 11.5 Å². The van der Waals surface area contributed by atoms with Crippen LogP contribution in [0.4, 0.5) is 0 Å². The van der Waals surface area contributed by atoms with Gasteiger partial charge in [0.25, 0.3) is 5.89 Å². The minimum Gasteiger partial charge on any atom is -0.379 e. The topological polar surface area (TPSA) is 74.2 Å². The zero-order valence-corrected chi connectivity index (χ0v) is 12.6. The Morgan fingerprint density at radius 3 is 3.10 bits per heavy atom. The maximum absolute atomic E-state index is 6.18. The van der Waals surface area contributed by atoms with Crippen LogP contribution in [0.25, 0.3) is 10.8 Å². The summed E-state index contributed by atoms with van der Waals surface area (Å²) in [4.78, 5) is 6.94. The molecule has 0 aliphatic heterocycles. The Hall–Kier alpha value is -1.24. The largest absolute Gasteiger partial charge is 0.379 e. The van der Waals surface area contributed by atoms with Gasteiger partial charge in [-0.25, -0.2) is 0 Å². The number of ether oxygens (including phenoxy) is 1. The van der Waals surface area contributed by atoms with E-state index in [1.54, 1.807) is 11.3 Å². The van der Waals surface area contributed by atoms with E-state index in [0.29, 0.717) is 24.9 Å². The molecule has 0 fully saturated rings. The summed E-state index contributed by atoms with van der Waals surface area (Å²) in [6.07, 6.45) is 3.58. The summed E-state index contributed by atoms with van der Waals surface area (Å²) in [5.74, 6) is 1.06. The fraction of sp³-hybridized carbons (Fsp3) is 0.571. The molecule has 5 nitrogen and oxygen atoms in total. The number of hydrogen-bond acceptors (Lipinski definition) is 6. The molecule has 0 saturated carbocycles. The molecule has 0 amide bonds. The molecule has 2 N–H and O–H groups in total. The van der Waals surface area contributed by atoms with Crippen molar-refractivity contribution in [2.45, 2.75) is 38.6 Å². The van der Waals surface area contributed by atoms with Crippen LogP contribution < -0.4 is 5.73 Å². The summed E-state index contributed by atoms with van der Waals surface area (Å²) in [5.41, 5.74) is 6.88. The highest BCUT2D eigenvalue weighted by Gasteiger charge is 2.29. The first-order valence-corrected chi connectivity index (χ1v) is 7.74. The van der Waals surface area contributed by atoms with Gasteiger partial charge < -0.3 is 15.0 Å². The third kappa shape index (κ3) is 2.51. The Morgan fingerprint density at radius 1 is 1.50 bits per heavy atom. The van der Waals surface area contributed by atoms with Crippen LogP contribution in [0.3, 0.4) is 0 Å². The molecule has 1 aliphatic carbocycles. The van der Waals surface area contributed by atoms with E-state index in [1.807, 2.05) is 13.8 Å². The van der Waals surface area contributed by atoms with Crippen molar-refractivity contribution < 1.29 is 9.26 Å². The minimum absolute atomic E-state index is 0.378. The van der Waals surface area contributed by atoms with Gasteiger partial charge >= 0.3 is 0 Å². The molecular formula is C14H19N3O2S. The zero-order valence-electron chi connectivity index (χ0n) is 11.8. The molecule has 2 aromatic heterocycles. The van der Waals surface area contributed by atoms with Crippen LogP contribution in [0.5, 0.6) is 0 Å². The van der Waals surface area contributed by atoms with Gasteiger partial charge in [-0.15, -0.1) is 11.3 Å². The lowest BCUT2D eigenvalue weighted by atomic mass is 10.1. The van der Waals surface area contributed by atoms with E-state index < -0.39 is 5.54 Å². The van der Waals surface area contributed by atoms with Gasteiger partial charge in [-0.2, -0.15) is 4.98 Å². The Kier molecular flexibility index (Phi) is 3.62. The number of thiophene rings is 1. The van der Waals surface area contributed by atoms with Gasteiger partial charge in [0.15, 0.2) is 5.82 Å². The van der Waals surface area contributed by atoms with E-state index in [-0.39, 0.29) is 0 Å². The number of nitrogens with two attached hydrogens (primary N) is 1. The molecule has 0 radical (unpaired) electrons. The molecule has 6 heteroatoms. The first-order valence-electron chi connectivity index (χ1n) is 6.93. The highest BCUT2D eigenvalue weighted by atomic mass is 32.1. The smallest absolute Gasteiger partial charge is 0.268 e. The van der Waals surface area contributed by atoms with Crippen molar-refractivity contribution in [1.82, 2.24) is 10.1 Å². The van der Waals surface area contributed by atoms with Crippen LogP contribution in [0.15, 0.2) is 10.6 Å². The van der Waals surface area contributed by atoms with Crippen LogP contribution in [0, 0.1) is 0 Å². The summed E-state index contributed by atoms with van der Waals surface area (Å²) >= 11 is 1.75. The van der Waals surface area contributed by atoms with Crippen molar-refractivity contribution in [2.75, 3.05) is 13.2 Å². The molecule has 0 saturated heterocycles. The van der Waals surface area contributed by atoms with Gasteiger partial charge in [-0.05, 0) is 44.7 Å². The Bertz CT molecular complexity index is 582. The Morgan fingerprint density at radius 2 is 2.35 bits per heavy atom. The maximum atomic E-state index is 6.18. The standard InChI is InChI=1S/C14H19N3O2S/c1-3-18-8-14(2,15)13-16-12(19-17-13)11-7-9-5-4-6-10(9)20-11/h7H,3-6,8,15H2,1-2H3. The van der Waals surface area contributed by atoms with Gasteiger partial charge in [-0.1, -0.05) is 5.16 Å². The van der Waals surface area contributed by atoms with Gasteiger partial charge in [0.2, 0.25) is 0 Å². The average Bonchev–Trinajstić information content (AvgIpc) is 3.09. The fourth-order valence-corrected chi connectivity index (χ4v) is 3.54. The molecule has 2 heterocycles. The van der Waals surface area contributed by atoms with E-state index in [9.17, 15) is 0 Å². The van der Waals surface area contributed by atoms with Crippen LogP contribution >= 0.6 is 11.3 Å². The summed E-state index contributed by atoms with van der Waals surface area (Å²) in [6, 6.07) is 2.17. The minimum atomic E-state index is -0.724. The first-order chi connectivity index (χ1) is 9.60. The average molecular weight is 293 g/mol. The lowest BCUT2D eigenvalue weighted by Crippen LogP contribution is -2.39. The molecule has 108 valence electrons. The number of aryl methyl sites for hydroxylation is 2. The molecule has 2 aromatic rings. The second kappa shape index (κ2) is 5.27. The second-order valence-corrected chi connectivity index (χ2v) is 6.53. The number of hydrogen-bond donors (Lipinski definition) is 1. The van der Waals surface area contributed by atoms with Crippen LogP contribution in [0.1, 0.15) is 36.5 Å². The number of rotatable bonds is 5. The monoisotopic (exact) mass is 293 g/mol. The van der Waals surface area contributed by atoms with Crippen molar-refractivity contribution >= 4 is 11.3 Å². The van der Waals surface area contributed by atoms with Crippen LogP contribution in [-0.4, -0.2) is 23.4 Å². The van der Waals surface area contributed by atoms with Gasteiger partial charge in [-0.3, -0.25) is 0 Å². The van der Waals surface area contributed by atoms with E-state index in [2.05, 4.69) is 16.2 Å². The van der Waals surface area contributed by atoms with E-state index in [0.717, 1.165) is 11.3 Å². The highest BCUT2D eigenvalue weighted by molar-refractivity contribution is 7.15. The fourth-order valence-electron chi connectivity index (χ4n) is 2.37. The van der Waals surface area contributed by atoms with Crippen molar-refractivity contribution in [2.24, 2.45) is 5.73 Å². The van der Waals surface area contributed by atoms with Crippen molar-refractivity contribution in [1.29, 1.82) is 0 Å². The van der Waals surface area contributed by atoms with Crippen molar-refractivity contribution in [3.63, 3.8) is 0 Å². The second-order valence-electron chi connectivity index (χ2n) is 5.39. The summed E-state index contributed by atoms with van der Waals surface area (Å²) in [5, 5.41) is 4.02. The summed E-state index contributed by atoms with van der Waals surface area (Å²) in [7, 11) is 0. The third-order valence-corrected chi connectivity index (χ3v) is 4.73. The predicted molar refractivity (Wildman–Crippen MR) is 77.7 cm³/mol. The zero-order chi connectivity index (χ0) is 14.2. The van der Waals surface area contributed by atoms with E-state index in [4.69, 9.17) is 15.0 Å².